The van der Waals surface area contributed by atoms with Gasteiger partial charge in [0, 0.05) is 18.7 Å². The highest BCUT2D eigenvalue weighted by molar-refractivity contribution is 8.93. The van der Waals surface area contributed by atoms with Gasteiger partial charge in [0.05, 0.1) is 11.5 Å². The zero-order valence-electron chi connectivity index (χ0n) is 15.5. The van der Waals surface area contributed by atoms with Gasteiger partial charge in [-0.25, -0.2) is 0 Å². The largest absolute Gasteiger partial charge is 0.494 e. The van der Waals surface area contributed by atoms with Crippen LogP contribution in [0, 0.1) is 16.0 Å². The molecule has 2 aromatic rings. The maximum Gasteiger partial charge on any atom is 0.269 e. The van der Waals surface area contributed by atoms with Gasteiger partial charge in [0.1, 0.15) is 5.75 Å². The zero-order valence-corrected chi connectivity index (χ0v) is 17.2. The van der Waals surface area contributed by atoms with Gasteiger partial charge in [0.15, 0.2) is 0 Å². The van der Waals surface area contributed by atoms with Crippen molar-refractivity contribution >= 4 is 22.7 Å². The van der Waals surface area contributed by atoms with Crippen LogP contribution in [0.5, 0.6) is 5.75 Å². The van der Waals surface area contributed by atoms with E-state index < -0.39 is 0 Å². The van der Waals surface area contributed by atoms with Crippen LogP contribution >= 0.6 is 17.0 Å². The number of halogens is 1. The summed E-state index contributed by atoms with van der Waals surface area (Å²) in [7, 11) is 0. The molecule has 0 aliphatic carbocycles. The fraction of sp³-hybridized carbons (Fsp3) is 0.429. The van der Waals surface area contributed by atoms with E-state index in [9.17, 15) is 10.1 Å². The first-order valence-electron chi connectivity index (χ1n) is 9.34. The Morgan fingerprint density at radius 3 is 2.33 bits per heavy atom. The zero-order chi connectivity index (χ0) is 18.2. The van der Waals surface area contributed by atoms with Gasteiger partial charge in [-0.2, -0.15) is 0 Å². The lowest BCUT2D eigenvalue weighted by molar-refractivity contribution is -0.384. The second-order valence-corrected chi connectivity index (χ2v) is 6.93. The summed E-state index contributed by atoms with van der Waals surface area (Å²) < 4.78 is 5.75. The third-order valence-electron chi connectivity index (χ3n) is 5.01. The van der Waals surface area contributed by atoms with Crippen LogP contribution in [0.3, 0.4) is 0 Å². The molecule has 0 radical (unpaired) electrons. The monoisotopic (exact) mass is 434 g/mol. The van der Waals surface area contributed by atoms with Gasteiger partial charge >= 0.3 is 0 Å². The molecule has 1 fully saturated rings. The van der Waals surface area contributed by atoms with E-state index in [1.807, 2.05) is 42.5 Å². The molecule has 0 spiro atoms. The molecule has 1 aliphatic rings. The van der Waals surface area contributed by atoms with Crippen LogP contribution in [-0.2, 0) is 6.42 Å². The Hall–Kier alpha value is -1.92. The Morgan fingerprint density at radius 2 is 1.70 bits per heavy atom. The fourth-order valence-electron chi connectivity index (χ4n) is 3.50. The van der Waals surface area contributed by atoms with Crippen molar-refractivity contribution in [1.82, 2.24) is 4.90 Å². The lowest BCUT2D eigenvalue weighted by Gasteiger charge is -2.32. The van der Waals surface area contributed by atoms with E-state index in [0.29, 0.717) is 5.92 Å². The van der Waals surface area contributed by atoms with Gasteiger partial charge in [-0.1, -0.05) is 30.3 Å². The summed E-state index contributed by atoms with van der Waals surface area (Å²) in [4.78, 5) is 12.9. The fourth-order valence-corrected chi connectivity index (χ4v) is 3.50. The summed E-state index contributed by atoms with van der Waals surface area (Å²) in [6.45, 7) is 4.09. The number of ether oxygens (including phenoxy) is 1. The van der Waals surface area contributed by atoms with Crippen molar-refractivity contribution in [2.24, 2.45) is 5.92 Å². The molecule has 1 aliphatic heterocycles. The highest BCUT2D eigenvalue weighted by Crippen LogP contribution is 2.23. The molecule has 3 rings (SSSR count). The molecule has 2 aromatic carbocycles. The topological polar surface area (TPSA) is 55.6 Å². The number of nitro groups is 1. The molecule has 6 heteroatoms. The predicted molar refractivity (Wildman–Crippen MR) is 113 cm³/mol. The van der Waals surface area contributed by atoms with Crippen LogP contribution in [-0.4, -0.2) is 36.1 Å². The second kappa shape index (κ2) is 11.0. The Kier molecular flexibility index (Phi) is 8.75. The molecule has 0 atom stereocenters. The van der Waals surface area contributed by atoms with Gasteiger partial charge in [-0.05, 0) is 62.4 Å². The van der Waals surface area contributed by atoms with E-state index in [1.54, 1.807) is 12.1 Å². The molecule has 0 unspecified atom stereocenters. The van der Waals surface area contributed by atoms with Gasteiger partial charge in [0.25, 0.3) is 5.69 Å². The highest BCUT2D eigenvalue weighted by atomic mass is 79.9. The first kappa shape index (κ1) is 21.4. The average Bonchev–Trinajstić information content (AvgIpc) is 2.68. The van der Waals surface area contributed by atoms with Gasteiger partial charge in [0.2, 0.25) is 0 Å². The van der Waals surface area contributed by atoms with Crippen molar-refractivity contribution in [3.8, 4) is 5.75 Å². The van der Waals surface area contributed by atoms with Crippen molar-refractivity contribution < 1.29 is 9.66 Å². The van der Waals surface area contributed by atoms with E-state index in [4.69, 9.17) is 4.74 Å². The standard InChI is InChI=1S/C21H26N2O3.BrH/c24-23(25)20-9-7-18(8-10-20)17-19-11-14-22(15-12-19)13-4-16-26-21-5-2-1-3-6-21;/h1-3,5-10,19H,4,11-17H2;1H. The Bertz CT molecular complexity index is 686. The van der Waals surface area contributed by atoms with E-state index in [1.165, 1.54) is 18.4 Å². The Labute approximate surface area is 171 Å². The van der Waals surface area contributed by atoms with Gasteiger partial charge in [-0.3, -0.25) is 10.1 Å². The number of nitrogens with zero attached hydrogens (tertiary/aromatic N) is 2. The third kappa shape index (κ3) is 6.96. The number of nitro benzene ring substituents is 1. The summed E-state index contributed by atoms with van der Waals surface area (Å²) >= 11 is 0. The number of benzene rings is 2. The number of piperidine rings is 1. The molecular weight excluding hydrogens is 408 g/mol. The van der Waals surface area contributed by atoms with Crippen LogP contribution in [0.1, 0.15) is 24.8 Å². The van der Waals surface area contributed by atoms with Crippen molar-refractivity contribution in [3.05, 3.63) is 70.3 Å². The SMILES string of the molecule is Br.O=[N+]([O-])c1ccc(CC2CCN(CCCOc3ccccc3)CC2)cc1. The summed E-state index contributed by atoms with van der Waals surface area (Å²) in [6, 6.07) is 17.0. The molecule has 5 nitrogen and oxygen atoms in total. The lowest BCUT2D eigenvalue weighted by Crippen LogP contribution is -2.35. The molecule has 0 saturated carbocycles. The summed E-state index contributed by atoms with van der Waals surface area (Å²) in [5.41, 5.74) is 1.37. The van der Waals surface area contributed by atoms with Gasteiger partial charge in [-0.15, -0.1) is 17.0 Å². The number of para-hydroxylation sites is 1. The predicted octanol–water partition coefficient (Wildman–Crippen LogP) is 4.90. The Balaban J connectivity index is 0.00000261. The molecule has 0 bridgehead atoms. The number of hydrogen-bond acceptors (Lipinski definition) is 4. The van der Waals surface area contributed by atoms with Crippen molar-refractivity contribution in [2.75, 3.05) is 26.2 Å². The van der Waals surface area contributed by atoms with Crippen molar-refractivity contribution in [3.63, 3.8) is 0 Å². The first-order valence-corrected chi connectivity index (χ1v) is 9.34. The average molecular weight is 435 g/mol. The van der Waals surface area contributed by atoms with Crippen LogP contribution in [0.25, 0.3) is 0 Å². The number of likely N-dealkylation sites (tertiary alicyclic amines) is 1. The summed E-state index contributed by atoms with van der Waals surface area (Å²) in [5.74, 6) is 1.61. The minimum atomic E-state index is -0.343. The number of rotatable bonds is 8. The first-order chi connectivity index (χ1) is 12.7. The minimum absolute atomic E-state index is 0. The van der Waals surface area contributed by atoms with Crippen LogP contribution in [0.4, 0.5) is 5.69 Å². The maximum atomic E-state index is 10.7. The quantitative estimate of drug-likeness (QED) is 0.336. The molecule has 0 N–H and O–H groups in total. The molecule has 27 heavy (non-hydrogen) atoms. The second-order valence-electron chi connectivity index (χ2n) is 6.93. The van der Waals surface area contributed by atoms with E-state index in [-0.39, 0.29) is 27.6 Å². The highest BCUT2D eigenvalue weighted by Gasteiger charge is 2.19. The van der Waals surface area contributed by atoms with E-state index in [2.05, 4.69) is 4.90 Å². The molecule has 0 amide bonds. The minimum Gasteiger partial charge on any atom is -0.494 e. The smallest absolute Gasteiger partial charge is 0.269 e. The lowest BCUT2D eigenvalue weighted by atomic mass is 9.90. The number of non-ortho nitro benzene ring substituents is 1. The summed E-state index contributed by atoms with van der Waals surface area (Å²) in [5, 5.41) is 10.7. The van der Waals surface area contributed by atoms with Gasteiger partial charge < -0.3 is 9.64 Å². The van der Waals surface area contributed by atoms with Crippen LogP contribution in [0.2, 0.25) is 0 Å². The van der Waals surface area contributed by atoms with E-state index >= 15 is 0 Å². The normalized spacial score (nSPS) is 15.1. The third-order valence-corrected chi connectivity index (χ3v) is 5.01. The summed E-state index contributed by atoms with van der Waals surface area (Å²) in [6.07, 6.45) is 4.44. The molecule has 1 heterocycles. The molecule has 146 valence electrons. The Morgan fingerprint density at radius 1 is 1.04 bits per heavy atom. The molecular formula is C21H27BrN2O3. The maximum absolute atomic E-state index is 10.7. The van der Waals surface area contributed by atoms with Crippen molar-refractivity contribution in [1.29, 1.82) is 0 Å². The van der Waals surface area contributed by atoms with Crippen molar-refractivity contribution in [2.45, 2.75) is 25.7 Å². The van der Waals surface area contributed by atoms with E-state index in [0.717, 1.165) is 44.8 Å². The van der Waals surface area contributed by atoms with Crippen LogP contribution < -0.4 is 4.74 Å². The molecule has 1 saturated heterocycles. The number of hydrogen-bond donors (Lipinski definition) is 0. The van der Waals surface area contributed by atoms with Crippen LogP contribution in [0.15, 0.2) is 54.6 Å². The molecule has 0 aromatic heterocycles.